The Hall–Kier alpha value is -1.85. The van der Waals surface area contributed by atoms with Gasteiger partial charge in [-0.2, -0.15) is 13.2 Å². The first-order chi connectivity index (χ1) is 11.8. The van der Waals surface area contributed by atoms with E-state index in [1.54, 1.807) is 12.1 Å². The summed E-state index contributed by atoms with van der Waals surface area (Å²) in [6.07, 6.45) is -3.76. The van der Waals surface area contributed by atoms with Crippen LogP contribution >= 0.6 is 0 Å². The summed E-state index contributed by atoms with van der Waals surface area (Å²) in [5.74, 6) is 0.654. The Bertz CT molecular complexity index is 695. The van der Waals surface area contributed by atoms with E-state index in [-0.39, 0.29) is 11.5 Å². The molecule has 25 heavy (non-hydrogen) atoms. The van der Waals surface area contributed by atoms with Crippen molar-refractivity contribution in [2.24, 2.45) is 5.92 Å². The Labute approximate surface area is 145 Å². The molecule has 1 fully saturated rings. The molecule has 2 N–H and O–H groups in total. The molecular weight excluding hydrogens is 327 g/mol. The summed E-state index contributed by atoms with van der Waals surface area (Å²) in [6.45, 7) is 2.49. The van der Waals surface area contributed by atoms with E-state index in [0.717, 1.165) is 32.0 Å². The number of alkyl halides is 3. The van der Waals surface area contributed by atoms with Crippen molar-refractivity contribution in [1.29, 1.82) is 0 Å². The average molecular weight is 349 g/mol. The summed E-state index contributed by atoms with van der Waals surface area (Å²) >= 11 is 0. The average Bonchev–Trinajstić information content (AvgIpc) is 3.03. The zero-order valence-electron chi connectivity index (χ0n) is 14.1. The van der Waals surface area contributed by atoms with Gasteiger partial charge in [0, 0.05) is 12.5 Å². The molecule has 3 atom stereocenters. The molecule has 3 rings (SSSR count). The van der Waals surface area contributed by atoms with Gasteiger partial charge in [0.2, 0.25) is 0 Å². The highest BCUT2D eigenvalue weighted by Crippen LogP contribution is 2.39. The monoisotopic (exact) mass is 349 g/mol. The summed E-state index contributed by atoms with van der Waals surface area (Å²) in [7, 11) is 0. The molecule has 0 saturated carbocycles. The maximum absolute atomic E-state index is 13.0. The third-order valence-electron chi connectivity index (χ3n) is 5.13. The number of aliphatic hydroxyl groups is 1. The predicted molar refractivity (Wildman–Crippen MR) is 91.3 cm³/mol. The minimum atomic E-state index is -4.70. The van der Waals surface area contributed by atoms with Crippen molar-refractivity contribution in [3.05, 3.63) is 71.3 Å². The van der Waals surface area contributed by atoms with Gasteiger partial charge in [0.05, 0.1) is 0 Å². The third kappa shape index (κ3) is 3.72. The summed E-state index contributed by atoms with van der Waals surface area (Å²) in [6, 6.07) is 16.4. The molecule has 1 saturated heterocycles. The molecule has 0 aromatic heterocycles. The van der Waals surface area contributed by atoms with Gasteiger partial charge in [-0.25, -0.2) is 0 Å². The minimum Gasteiger partial charge on any atom is -0.376 e. The lowest BCUT2D eigenvalue weighted by Crippen LogP contribution is -2.39. The Balaban J connectivity index is 1.77. The van der Waals surface area contributed by atoms with Crippen LogP contribution in [0.5, 0.6) is 0 Å². The maximum atomic E-state index is 13.0. The van der Waals surface area contributed by atoms with E-state index >= 15 is 0 Å². The van der Waals surface area contributed by atoms with Gasteiger partial charge in [-0.05, 0) is 42.5 Å². The van der Waals surface area contributed by atoms with Crippen LogP contribution in [-0.2, 0) is 12.0 Å². The first-order valence-electron chi connectivity index (χ1n) is 8.43. The van der Waals surface area contributed by atoms with Crippen molar-refractivity contribution in [1.82, 2.24) is 5.32 Å². The minimum absolute atomic E-state index is 0.130. The molecule has 0 bridgehead atoms. The first kappa shape index (κ1) is 18.0. The second kappa shape index (κ2) is 6.81. The first-order valence-corrected chi connectivity index (χ1v) is 8.43. The van der Waals surface area contributed by atoms with E-state index < -0.39 is 11.8 Å². The molecular formula is C20H22F3NO. The molecule has 0 spiro atoms. The molecule has 1 aliphatic rings. The smallest absolute Gasteiger partial charge is 0.376 e. The summed E-state index contributed by atoms with van der Waals surface area (Å²) in [4.78, 5) is 0. The van der Waals surface area contributed by atoms with Crippen LogP contribution in [0, 0.1) is 5.92 Å². The lowest BCUT2D eigenvalue weighted by molar-refractivity contribution is -0.258. The summed E-state index contributed by atoms with van der Waals surface area (Å²) in [5, 5.41) is 13.2. The Morgan fingerprint density at radius 1 is 1.00 bits per heavy atom. The lowest BCUT2D eigenvalue weighted by atomic mass is 9.83. The van der Waals surface area contributed by atoms with Gasteiger partial charge < -0.3 is 10.4 Å². The number of hydrogen-bond acceptors (Lipinski definition) is 2. The molecule has 0 aliphatic carbocycles. The molecule has 2 aromatic rings. The fraction of sp³-hybridized carbons (Fsp3) is 0.400. The van der Waals surface area contributed by atoms with E-state index in [0.29, 0.717) is 5.92 Å². The number of hydrogen-bond donors (Lipinski definition) is 2. The quantitative estimate of drug-likeness (QED) is 0.874. The van der Waals surface area contributed by atoms with Crippen molar-refractivity contribution in [2.75, 3.05) is 13.1 Å². The largest absolute Gasteiger partial charge is 0.421 e. The molecule has 1 aliphatic heterocycles. The number of nitrogens with one attached hydrogen (secondary N) is 1. The van der Waals surface area contributed by atoms with Crippen LogP contribution < -0.4 is 5.32 Å². The molecule has 2 aromatic carbocycles. The number of rotatable bonds is 4. The molecule has 2 nitrogen and oxygen atoms in total. The van der Waals surface area contributed by atoms with Crippen molar-refractivity contribution in [3.8, 4) is 0 Å². The third-order valence-corrected chi connectivity index (χ3v) is 5.13. The fourth-order valence-corrected chi connectivity index (χ4v) is 3.47. The van der Waals surface area contributed by atoms with E-state index in [4.69, 9.17) is 0 Å². The van der Waals surface area contributed by atoms with Gasteiger partial charge in [0.1, 0.15) is 0 Å². The Morgan fingerprint density at radius 2 is 1.64 bits per heavy atom. The highest BCUT2D eigenvalue weighted by atomic mass is 19.4. The number of benzene rings is 2. The van der Waals surface area contributed by atoms with Gasteiger partial charge in [-0.15, -0.1) is 0 Å². The second-order valence-electron chi connectivity index (χ2n) is 6.91. The van der Waals surface area contributed by atoms with Crippen LogP contribution in [0.2, 0.25) is 0 Å². The molecule has 0 radical (unpaired) electrons. The van der Waals surface area contributed by atoms with Gasteiger partial charge in [-0.1, -0.05) is 54.6 Å². The summed E-state index contributed by atoms with van der Waals surface area (Å²) < 4.78 is 38.9. The van der Waals surface area contributed by atoms with E-state index in [1.807, 2.05) is 18.2 Å². The molecule has 134 valence electrons. The Morgan fingerprint density at radius 3 is 2.24 bits per heavy atom. The predicted octanol–water partition coefficient (Wildman–Crippen LogP) is 4.00. The van der Waals surface area contributed by atoms with Crippen LogP contribution in [0.4, 0.5) is 13.2 Å². The zero-order chi connectivity index (χ0) is 18.1. The van der Waals surface area contributed by atoms with Gasteiger partial charge in [0.25, 0.3) is 0 Å². The lowest BCUT2D eigenvalue weighted by Gasteiger charge is -2.27. The van der Waals surface area contributed by atoms with Crippen LogP contribution in [0.25, 0.3) is 0 Å². The molecule has 0 amide bonds. The Kier molecular flexibility index (Phi) is 4.89. The van der Waals surface area contributed by atoms with Crippen molar-refractivity contribution < 1.29 is 18.3 Å². The SMILES string of the molecule is CC(O)(c1ccc([C@@H]2CNC[C@H]2Cc2ccccc2)cc1)C(F)(F)F. The second-order valence-corrected chi connectivity index (χ2v) is 6.91. The van der Waals surface area contributed by atoms with Crippen LogP contribution in [0.1, 0.15) is 29.5 Å². The van der Waals surface area contributed by atoms with Crippen LogP contribution in [0.3, 0.4) is 0 Å². The molecule has 5 heteroatoms. The van der Waals surface area contributed by atoms with Crippen molar-refractivity contribution >= 4 is 0 Å². The van der Waals surface area contributed by atoms with E-state index in [1.165, 1.54) is 17.7 Å². The highest BCUT2D eigenvalue weighted by molar-refractivity contribution is 5.31. The van der Waals surface area contributed by atoms with Crippen LogP contribution in [0.15, 0.2) is 54.6 Å². The zero-order valence-corrected chi connectivity index (χ0v) is 14.1. The fourth-order valence-electron chi connectivity index (χ4n) is 3.47. The maximum Gasteiger partial charge on any atom is 0.421 e. The van der Waals surface area contributed by atoms with Gasteiger partial charge in [-0.3, -0.25) is 0 Å². The normalized spacial score (nSPS) is 23.4. The van der Waals surface area contributed by atoms with Crippen molar-refractivity contribution in [3.63, 3.8) is 0 Å². The van der Waals surface area contributed by atoms with E-state index in [2.05, 4.69) is 17.4 Å². The standard InChI is InChI=1S/C20H22F3NO/c1-19(25,20(21,22)23)17-9-7-15(8-10-17)18-13-24-12-16(18)11-14-5-3-2-4-6-14/h2-10,16,18,24-25H,11-13H2,1H3/t16-,18+,19?/m1/s1. The molecule has 1 unspecified atom stereocenters. The topological polar surface area (TPSA) is 32.3 Å². The van der Waals surface area contributed by atoms with Gasteiger partial charge in [0.15, 0.2) is 5.60 Å². The van der Waals surface area contributed by atoms with E-state index in [9.17, 15) is 18.3 Å². The van der Waals surface area contributed by atoms with Crippen molar-refractivity contribution in [2.45, 2.75) is 31.0 Å². The number of halogens is 3. The highest BCUT2D eigenvalue weighted by Gasteiger charge is 2.51. The molecule has 1 heterocycles. The van der Waals surface area contributed by atoms with Crippen LogP contribution in [-0.4, -0.2) is 24.4 Å². The summed E-state index contributed by atoms with van der Waals surface area (Å²) in [5.41, 5.74) is -0.692. The van der Waals surface area contributed by atoms with Gasteiger partial charge >= 0.3 is 6.18 Å².